The predicted molar refractivity (Wildman–Crippen MR) is 107 cm³/mol. The molecule has 2 aromatic carbocycles. The molecule has 0 bridgehead atoms. The Morgan fingerprint density at radius 3 is 2.59 bits per heavy atom. The second kappa shape index (κ2) is 7.10. The van der Waals surface area contributed by atoms with E-state index in [0.717, 1.165) is 5.69 Å². The van der Waals surface area contributed by atoms with Crippen LogP contribution >= 0.6 is 23.2 Å². The van der Waals surface area contributed by atoms with Crippen LogP contribution in [0.5, 0.6) is 5.75 Å². The van der Waals surface area contributed by atoms with Crippen LogP contribution in [0.15, 0.2) is 60.8 Å². The Kier molecular flexibility index (Phi) is 4.64. The van der Waals surface area contributed by atoms with Crippen LogP contribution in [0.3, 0.4) is 0 Å². The fraction of sp³-hybridized carbons (Fsp3) is 0.100. The molecule has 136 valence electrons. The molecule has 0 saturated carbocycles. The summed E-state index contributed by atoms with van der Waals surface area (Å²) in [6.45, 7) is 0. The van der Waals surface area contributed by atoms with Gasteiger partial charge in [0.1, 0.15) is 5.75 Å². The Morgan fingerprint density at radius 1 is 1.11 bits per heavy atom. The number of pyridine rings is 1. The lowest BCUT2D eigenvalue weighted by atomic mass is 10.2. The van der Waals surface area contributed by atoms with E-state index in [2.05, 4.69) is 10.3 Å². The van der Waals surface area contributed by atoms with Crippen molar-refractivity contribution in [3.05, 3.63) is 82.1 Å². The molecule has 0 radical (unpaired) electrons. The number of nitrogens with zero attached hydrogens (tertiary/aromatic N) is 2. The molecule has 7 heteroatoms. The second-order valence-corrected chi connectivity index (χ2v) is 6.82. The molecule has 3 aromatic rings. The minimum absolute atomic E-state index is 0.133. The number of fused-ring (bicyclic) bond motifs is 1. The smallest absolute Gasteiger partial charge is 0.262 e. The van der Waals surface area contributed by atoms with Gasteiger partial charge in [-0.1, -0.05) is 23.2 Å². The van der Waals surface area contributed by atoms with Crippen molar-refractivity contribution in [3.63, 3.8) is 0 Å². The van der Waals surface area contributed by atoms with Gasteiger partial charge in [0.2, 0.25) is 0 Å². The zero-order chi connectivity index (χ0) is 19.0. The third kappa shape index (κ3) is 3.20. The summed E-state index contributed by atoms with van der Waals surface area (Å²) in [7, 11) is 1.60. The highest BCUT2D eigenvalue weighted by molar-refractivity contribution is 6.36. The molecule has 1 aliphatic rings. The van der Waals surface area contributed by atoms with E-state index in [1.807, 2.05) is 24.3 Å². The van der Waals surface area contributed by atoms with Gasteiger partial charge in [0.25, 0.3) is 5.91 Å². The molecule has 27 heavy (non-hydrogen) atoms. The first-order valence-electron chi connectivity index (χ1n) is 8.22. The monoisotopic (exact) mass is 399 g/mol. The molecule has 0 unspecified atom stereocenters. The Balaban J connectivity index is 1.77. The van der Waals surface area contributed by atoms with Crippen molar-refractivity contribution in [2.24, 2.45) is 0 Å². The van der Waals surface area contributed by atoms with Crippen LogP contribution in [0.1, 0.15) is 22.2 Å². The van der Waals surface area contributed by atoms with Gasteiger partial charge in [0.05, 0.1) is 29.1 Å². The maximum Gasteiger partial charge on any atom is 0.262 e. The summed E-state index contributed by atoms with van der Waals surface area (Å²) in [6, 6.07) is 16.0. The van der Waals surface area contributed by atoms with Gasteiger partial charge < -0.3 is 10.1 Å². The number of halogens is 2. The minimum atomic E-state index is -0.499. The first-order chi connectivity index (χ1) is 13.1. The van der Waals surface area contributed by atoms with E-state index in [4.69, 9.17) is 27.9 Å². The SMILES string of the molecule is COc1ccc(N2C(=O)c3cccnc3[C@H]2Nc2ccc(Cl)cc2Cl)cc1. The van der Waals surface area contributed by atoms with E-state index in [9.17, 15) is 4.79 Å². The van der Waals surface area contributed by atoms with Gasteiger partial charge in [-0.3, -0.25) is 14.7 Å². The number of anilines is 2. The number of benzene rings is 2. The van der Waals surface area contributed by atoms with E-state index >= 15 is 0 Å². The maximum atomic E-state index is 13.1. The van der Waals surface area contributed by atoms with Crippen LogP contribution in [0, 0.1) is 0 Å². The van der Waals surface area contributed by atoms with Crippen LogP contribution in [0.2, 0.25) is 10.0 Å². The number of hydrogen-bond donors (Lipinski definition) is 1. The van der Waals surface area contributed by atoms with Crippen molar-refractivity contribution < 1.29 is 9.53 Å². The van der Waals surface area contributed by atoms with Crippen LogP contribution in [-0.2, 0) is 0 Å². The fourth-order valence-electron chi connectivity index (χ4n) is 3.08. The maximum absolute atomic E-state index is 13.1. The van der Waals surface area contributed by atoms with Crippen molar-refractivity contribution in [1.82, 2.24) is 4.98 Å². The van der Waals surface area contributed by atoms with Gasteiger partial charge in [-0.15, -0.1) is 0 Å². The van der Waals surface area contributed by atoms with Gasteiger partial charge in [-0.05, 0) is 54.6 Å². The summed E-state index contributed by atoms with van der Waals surface area (Å²) >= 11 is 12.3. The van der Waals surface area contributed by atoms with E-state index in [-0.39, 0.29) is 5.91 Å². The summed E-state index contributed by atoms with van der Waals surface area (Å²) in [6.07, 6.45) is 1.17. The summed E-state index contributed by atoms with van der Waals surface area (Å²) in [5, 5.41) is 4.33. The van der Waals surface area contributed by atoms with Crippen molar-refractivity contribution in [2.75, 3.05) is 17.3 Å². The van der Waals surface area contributed by atoms with Crippen molar-refractivity contribution in [3.8, 4) is 5.75 Å². The van der Waals surface area contributed by atoms with Crippen molar-refractivity contribution >= 4 is 40.5 Å². The minimum Gasteiger partial charge on any atom is -0.497 e. The molecule has 2 heterocycles. The fourth-order valence-corrected chi connectivity index (χ4v) is 3.54. The Bertz CT molecular complexity index is 1010. The summed E-state index contributed by atoms with van der Waals surface area (Å²) in [4.78, 5) is 19.1. The highest BCUT2D eigenvalue weighted by atomic mass is 35.5. The number of amides is 1. The number of carbonyl (C=O) groups excluding carboxylic acids is 1. The molecule has 0 fully saturated rings. The lowest BCUT2D eigenvalue weighted by molar-refractivity contribution is 0.0993. The van der Waals surface area contributed by atoms with E-state index in [1.54, 1.807) is 48.5 Å². The Hall–Kier alpha value is -2.76. The number of methoxy groups -OCH3 is 1. The van der Waals surface area contributed by atoms with E-state index in [1.165, 1.54) is 0 Å². The average Bonchev–Trinajstić information content (AvgIpc) is 2.96. The highest BCUT2D eigenvalue weighted by Crippen LogP contribution is 2.39. The van der Waals surface area contributed by atoms with Crippen LogP contribution in [0.4, 0.5) is 11.4 Å². The van der Waals surface area contributed by atoms with E-state index < -0.39 is 6.17 Å². The Labute approximate surface area is 166 Å². The largest absolute Gasteiger partial charge is 0.497 e. The molecule has 0 aliphatic carbocycles. The summed E-state index contributed by atoms with van der Waals surface area (Å²) in [5.41, 5.74) is 2.58. The third-order valence-electron chi connectivity index (χ3n) is 4.38. The number of rotatable bonds is 4. The van der Waals surface area contributed by atoms with Gasteiger partial charge >= 0.3 is 0 Å². The summed E-state index contributed by atoms with van der Waals surface area (Å²) in [5.74, 6) is 0.581. The molecular formula is C20H15Cl2N3O2. The van der Waals surface area contributed by atoms with E-state index in [0.29, 0.717) is 32.7 Å². The number of carbonyl (C=O) groups is 1. The quantitative estimate of drug-likeness (QED) is 0.657. The molecule has 5 nitrogen and oxygen atoms in total. The third-order valence-corrected chi connectivity index (χ3v) is 4.93. The number of nitrogens with one attached hydrogen (secondary N) is 1. The standard InChI is InChI=1S/C20H15Cl2N3O2/c1-27-14-7-5-13(6-8-14)25-19(18-15(20(25)26)3-2-10-23-18)24-17-9-4-12(21)11-16(17)22/h2-11,19,24H,1H3/t19-/m0/s1. The summed E-state index contributed by atoms with van der Waals surface area (Å²) < 4.78 is 5.21. The molecule has 1 N–H and O–H groups in total. The second-order valence-electron chi connectivity index (χ2n) is 5.98. The molecular weight excluding hydrogens is 385 g/mol. The molecule has 1 atom stereocenters. The molecule has 0 spiro atoms. The zero-order valence-corrected chi connectivity index (χ0v) is 15.8. The number of ether oxygens (including phenoxy) is 1. The molecule has 1 amide bonds. The first kappa shape index (κ1) is 17.6. The van der Waals surface area contributed by atoms with Gasteiger partial charge in [0, 0.05) is 16.9 Å². The normalized spacial score (nSPS) is 15.6. The van der Waals surface area contributed by atoms with Crippen molar-refractivity contribution in [1.29, 1.82) is 0 Å². The zero-order valence-electron chi connectivity index (χ0n) is 14.3. The lowest BCUT2D eigenvalue weighted by Gasteiger charge is -2.27. The Morgan fingerprint density at radius 2 is 1.89 bits per heavy atom. The van der Waals surface area contributed by atoms with Gasteiger partial charge in [-0.25, -0.2) is 0 Å². The lowest BCUT2D eigenvalue weighted by Crippen LogP contribution is -2.32. The van der Waals surface area contributed by atoms with Crippen LogP contribution in [-0.4, -0.2) is 18.0 Å². The van der Waals surface area contributed by atoms with Crippen LogP contribution in [0.25, 0.3) is 0 Å². The first-order valence-corrected chi connectivity index (χ1v) is 8.98. The molecule has 1 aromatic heterocycles. The average molecular weight is 400 g/mol. The van der Waals surface area contributed by atoms with Gasteiger partial charge in [-0.2, -0.15) is 0 Å². The number of hydrogen-bond acceptors (Lipinski definition) is 4. The predicted octanol–water partition coefficient (Wildman–Crippen LogP) is 5.17. The van der Waals surface area contributed by atoms with Gasteiger partial charge in [0.15, 0.2) is 6.17 Å². The topological polar surface area (TPSA) is 54.5 Å². The molecule has 1 aliphatic heterocycles. The highest BCUT2D eigenvalue weighted by Gasteiger charge is 2.39. The van der Waals surface area contributed by atoms with Crippen molar-refractivity contribution in [2.45, 2.75) is 6.17 Å². The number of aromatic nitrogens is 1. The molecule has 4 rings (SSSR count). The van der Waals surface area contributed by atoms with Crippen LogP contribution < -0.4 is 15.0 Å². The molecule has 0 saturated heterocycles.